The normalized spacial score (nSPS) is 11.9. The fourth-order valence-electron chi connectivity index (χ4n) is 1.75. The summed E-state index contributed by atoms with van der Waals surface area (Å²) in [5.74, 6) is 0.0687. The second-order valence-electron chi connectivity index (χ2n) is 4.02. The van der Waals surface area contributed by atoms with Crippen LogP contribution >= 0.6 is 0 Å². The third-order valence-corrected chi connectivity index (χ3v) is 2.88. The van der Waals surface area contributed by atoms with E-state index in [0.717, 1.165) is 24.6 Å². The number of aromatic nitrogens is 1. The standard InChI is InChI=1S/C13H21N3O2/c1-4-11(13(17)18)15-10-7-8-12(14-9-10)16(5-2)6-3/h7-9,11,15H,4-6H2,1-3H3,(H,17,18). The van der Waals surface area contributed by atoms with Gasteiger partial charge < -0.3 is 15.3 Å². The molecule has 0 fully saturated rings. The topological polar surface area (TPSA) is 65.5 Å². The van der Waals surface area contributed by atoms with Crippen molar-refractivity contribution in [2.45, 2.75) is 33.2 Å². The summed E-state index contributed by atoms with van der Waals surface area (Å²) in [6.07, 6.45) is 2.21. The predicted molar refractivity (Wildman–Crippen MR) is 73.1 cm³/mol. The summed E-state index contributed by atoms with van der Waals surface area (Å²) in [5, 5.41) is 11.9. The Morgan fingerprint density at radius 1 is 1.39 bits per heavy atom. The third-order valence-electron chi connectivity index (χ3n) is 2.88. The van der Waals surface area contributed by atoms with Gasteiger partial charge in [-0.3, -0.25) is 0 Å². The quantitative estimate of drug-likeness (QED) is 0.777. The van der Waals surface area contributed by atoms with Gasteiger partial charge in [0.05, 0.1) is 11.9 Å². The summed E-state index contributed by atoms with van der Waals surface area (Å²) in [6, 6.07) is 3.21. The van der Waals surface area contributed by atoms with Crippen LogP contribution in [0.5, 0.6) is 0 Å². The zero-order chi connectivity index (χ0) is 13.5. The van der Waals surface area contributed by atoms with Gasteiger partial charge in [-0.05, 0) is 32.4 Å². The fourth-order valence-corrected chi connectivity index (χ4v) is 1.75. The van der Waals surface area contributed by atoms with E-state index in [0.29, 0.717) is 6.42 Å². The summed E-state index contributed by atoms with van der Waals surface area (Å²) >= 11 is 0. The van der Waals surface area contributed by atoms with Gasteiger partial charge in [0.25, 0.3) is 0 Å². The van der Waals surface area contributed by atoms with E-state index >= 15 is 0 Å². The summed E-state index contributed by atoms with van der Waals surface area (Å²) < 4.78 is 0. The van der Waals surface area contributed by atoms with Crippen molar-refractivity contribution in [3.8, 4) is 0 Å². The lowest BCUT2D eigenvalue weighted by Crippen LogP contribution is -2.28. The Kier molecular flexibility index (Phi) is 5.42. The summed E-state index contributed by atoms with van der Waals surface area (Å²) in [6.45, 7) is 7.80. The zero-order valence-corrected chi connectivity index (χ0v) is 11.2. The molecule has 0 amide bonds. The van der Waals surface area contributed by atoms with Crippen LogP contribution < -0.4 is 10.2 Å². The Morgan fingerprint density at radius 2 is 2.06 bits per heavy atom. The fraction of sp³-hybridized carbons (Fsp3) is 0.538. The SMILES string of the molecule is CCC(Nc1ccc(N(CC)CC)nc1)C(=O)O. The Morgan fingerprint density at radius 3 is 2.44 bits per heavy atom. The van der Waals surface area contributed by atoms with Crippen LogP contribution in [0.2, 0.25) is 0 Å². The van der Waals surface area contributed by atoms with Gasteiger partial charge in [0.1, 0.15) is 11.9 Å². The molecule has 0 aliphatic heterocycles. The molecule has 1 aromatic rings. The van der Waals surface area contributed by atoms with E-state index in [-0.39, 0.29) is 0 Å². The van der Waals surface area contributed by atoms with Gasteiger partial charge in [-0.25, -0.2) is 9.78 Å². The highest BCUT2D eigenvalue weighted by Crippen LogP contribution is 2.15. The molecule has 18 heavy (non-hydrogen) atoms. The Labute approximate surface area is 108 Å². The highest BCUT2D eigenvalue weighted by atomic mass is 16.4. The van der Waals surface area contributed by atoms with Crippen molar-refractivity contribution in [1.82, 2.24) is 4.98 Å². The molecular formula is C13H21N3O2. The van der Waals surface area contributed by atoms with Crippen molar-refractivity contribution in [2.75, 3.05) is 23.3 Å². The molecular weight excluding hydrogens is 230 g/mol. The van der Waals surface area contributed by atoms with E-state index in [1.165, 1.54) is 0 Å². The maximum Gasteiger partial charge on any atom is 0.326 e. The maximum atomic E-state index is 10.9. The molecule has 0 saturated heterocycles. The van der Waals surface area contributed by atoms with Gasteiger partial charge in [-0.15, -0.1) is 0 Å². The molecule has 100 valence electrons. The van der Waals surface area contributed by atoms with E-state index in [1.54, 1.807) is 6.20 Å². The third kappa shape index (κ3) is 3.61. The maximum absolute atomic E-state index is 10.9. The van der Waals surface area contributed by atoms with E-state index in [2.05, 4.69) is 29.0 Å². The average molecular weight is 251 g/mol. The van der Waals surface area contributed by atoms with Crippen LogP contribution in [-0.2, 0) is 4.79 Å². The molecule has 2 N–H and O–H groups in total. The molecule has 0 radical (unpaired) electrons. The molecule has 0 aromatic carbocycles. The van der Waals surface area contributed by atoms with E-state index < -0.39 is 12.0 Å². The largest absolute Gasteiger partial charge is 0.480 e. The number of carboxylic acids is 1. The van der Waals surface area contributed by atoms with Crippen molar-refractivity contribution in [1.29, 1.82) is 0 Å². The Bertz CT molecular complexity index is 374. The van der Waals surface area contributed by atoms with E-state index in [4.69, 9.17) is 5.11 Å². The minimum Gasteiger partial charge on any atom is -0.480 e. The Balaban J connectivity index is 2.73. The number of nitrogens with zero attached hydrogens (tertiary/aromatic N) is 2. The zero-order valence-electron chi connectivity index (χ0n) is 11.2. The van der Waals surface area contributed by atoms with Crippen LogP contribution in [0.3, 0.4) is 0 Å². The summed E-state index contributed by atoms with van der Waals surface area (Å²) in [7, 11) is 0. The number of aliphatic carboxylic acids is 1. The molecule has 5 heteroatoms. The highest BCUT2D eigenvalue weighted by molar-refractivity contribution is 5.77. The van der Waals surface area contributed by atoms with Crippen LogP contribution in [0.15, 0.2) is 18.3 Å². The second-order valence-corrected chi connectivity index (χ2v) is 4.02. The average Bonchev–Trinajstić information content (AvgIpc) is 2.38. The second kappa shape index (κ2) is 6.83. The molecule has 0 saturated carbocycles. The number of pyridine rings is 1. The van der Waals surface area contributed by atoms with Crippen molar-refractivity contribution >= 4 is 17.5 Å². The first-order valence-corrected chi connectivity index (χ1v) is 6.32. The molecule has 0 aliphatic carbocycles. The lowest BCUT2D eigenvalue weighted by molar-refractivity contribution is -0.137. The molecule has 1 unspecified atom stereocenters. The number of rotatable bonds is 7. The van der Waals surface area contributed by atoms with Crippen molar-refractivity contribution in [3.63, 3.8) is 0 Å². The van der Waals surface area contributed by atoms with Gasteiger partial charge in [0.2, 0.25) is 0 Å². The first kappa shape index (κ1) is 14.3. The van der Waals surface area contributed by atoms with Crippen LogP contribution in [0, 0.1) is 0 Å². The minimum atomic E-state index is -0.842. The number of hydrogen-bond donors (Lipinski definition) is 2. The van der Waals surface area contributed by atoms with Crippen LogP contribution in [-0.4, -0.2) is 35.2 Å². The van der Waals surface area contributed by atoms with E-state index in [9.17, 15) is 4.79 Å². The smallest absolute Gasteiger partial charge is 0.326 e. The van der Waals surface area contributed by atoms with Crippen LogP contribution in [0.4, 0.5) is 11.5 Å². The summed E-state index contributed by atoms with van der Waals surface area (Å²) in [4.78, 5) is 17.4. The van der Waals surface area contributed by atoms with Gasteiger partial charge in [0, 0.05) is 13.1 Å². The van der Waals surface area contributed by atoms with Crippen LogP contribution in [0.1, 0.15) is 27.2 Å². The number of carbonyl (C=O) groups is 1. The number of carboxylic acid groups (broad SMARTS) is 1. The van der Waals surface area contributed by atoms with Crippen molar-refractivity contribution in [3.05, 3.63) is 18.3 Å². The Hall–Kier alpha value is -1.78. The van der Waals surface area contributed by atoms with Crippen molar-refractivity contribution in [2.24, 2.45) is 0 Å². The van der Waals surface area contributed by atoms with E-state index in [1.807, 2.05) is 19.1 Å². The molecule has 1 aromatic heterocycles. The molecule has 1 atom stereocenters. The minimum absolute atomic E-state index is 0.535. The first-order valence-electron chi connectivity index (χ1n) is 6.32. The molecule has 0 spiro atoms. The molecule has 5 nitrogen and oxygen atoms in total. The van der Waals surface area contributed by atoms with Gasteiger partial charge in [-0.2, -0.15) is 0 Å². The highest BCUT2D eigenvalue weighted by Gasteiger charge is 2.14. The lowest BCUT2D eigenvalue weighted by Gasteiger charge is -2.20. The first-order chi connectivity index (χ1) is 8.62. The van der Waals surface area contributed by atoms with Gasteiger partial charge in [-0.1, -0.05) is 6.92 Å². The molecule has 0 bridgehead atoms. The predicted octanol–water partition coefficient (Wildman–Crippen LogP) is 2.20. The number of anilines is 2. The molecule has 0 aliphatic rings. The molecule has 1 heterocycles. The monoisotopic (exact) mass is 251 g/mol. The molecule has 1 rings (SSSR count). The van der Waals surface area contributed by atoms with Crippen molar-refractivity contribution < 1.29 is 9.90 Å². The van der Waals surface area contributed by atoms with Crippen LogP contribution in [0.25, 0.3) is 0 Å². The summed E-state index contributed by atoms with van der Waals surface area (Å²) in [5.41, 5.74) is 0.736. The number of nitrogens with one attached hydrogen (secondary N) is 1. The van der Waals surface area contributed by atoms with Gasteiger partial charge in [0.15, 0.2) is 0 Å². The van der Waals surface area contributed by atoms with Gasteiger partial charge >= 0.3 is 5.97 Å². The lowest BCUT2D eigenvalue weighted by atomic mass is 10.2. The number of hydrogen-bond acceptors (Lipinski definition) is 4.